The van der Waals surface area contributed by atoms with E-state index in [-0.39, 0.29) is 128 Å². The summed E-state index contributed by atoms with van der Waals surface area (Å²) in [4.78, 5) is 153. The van der Waals surface area contributed by atoms with Crippen LogP contribution in [0, 0.1) is 27.0 Å². The van der Waals surface area contributed by atoms with Crippen molar-refractivity contribution in [3.05, 3.63) is 96.1 Å². The molecule has 0 spiro atoms. The van der Waals surface area contributed by atoms with E-state index in [9.17, 15) is 43.5 Å². The topological polar surface area (TPSA) is 664 Å². The maximum absolute atomic E-state index is 15.2. The van der Waals surface area contributed by atoms with Gasteiger partial charge in [0.05, 0.1) is 13.1 Å². The van der Waals surface area contributed by atoms with Crippen LogP contribution < -0.4 is 114 Å². The predicted octanol–water partition coefficient (Wildman–Crippen LogP) is -4.56. The third-order valence-electron chi connectivity index (χ3n) is 16.4. The number of nitrogens with two attached hydrogens (primary N) is 6. The monoisotopic (exact) mass is 1480 g/mol. The second-order valence-electron chi connectivity index (χ2n) is 25.0. The Balaban J connectivity index is 1.74. The molecule has 578 valence electrons. The molecule has 10 amide bonds. The van der Waals surface area contributed by atoms with E-state index in [1.165, 1.54) is 6.92 Å². The molecular weight excluding hydrogens is 1370 g/mol. The normalized spacial score (nSPS) is 13.1. The number of carboxylic acid groups (broad SMARTS) is 1. The highest BCUT2D eigenvalue weighted by Crippen LogP contribution is 2.20. The highest BCUT2D eigenvalue weighted by atomic mass is 16.4. The number of fused-ring (bicyclic) bond motifs is 2. The van der Waals surface area contributed by atoms with Crippen molar-refractivity contribution in [2.75, 3.05) is 52.4 Å². The first-order chi connectivity index (χ1) is 50.5. The molecule has 0 bridgehead atoms. The molecule has 0 aliphatic rings. The zero-order chi connectivity index (χ0) is 78.1. The van der Waals surface area contributed by atoms with E-state index in [1.807, 2.05) is 66.7 Å². The molecule has 0 fully saturated rings. The lowest BCUT2D eigenvalue weighted by Gasteiger charge is -2.28. The van der Waals surface area contributed by atoms with E-state index in [0.717, 1.165) is 21.5 Å². The van der Waals surface area contributed by atoms with Crippen LogP contribution in [-0.2, 0) is 65.6 Å². The van der Waals surface area contributed by atoms with Crippen molar-refractivity contribution in [3.8, 4) is 0 Å². The Morgan fingerprint density at radius 1 is 0.340 bits per heavy atom. The second kappa shape index (κ2) is 46.5. The third kappa shape index (κ3) is 33.8. The van der Waals surface area contributed by atoms with E-state index in [1.54, 1.807) is 18.2 Å². The van der Waals surface area contributed by atoms with Crippen LogP contribution in [0.25, 0.3) is 21.5 Å². The van der Waals surface area contributed by atoms with Gasteiger partial charge in [0.25, 0.3) is 0 Å². The first-order valence-corrected chi connectivity index (χ1v) is 34.7. The number of unbranched alkanes of at least 4 members (excludes halogenated alkanes) is 1. The Morgan fingerprint density at radius 3 is 0.972 bits per heavy atom. The highest BCUT2D eigenvalue weighted by Gasteiger charge is 2.35. The van der Waals surface area contributed by atoms with Crippen molar-refractivity contribution >= 4 is 116 Å². The van der Waals surface area contributed by atoms with Crippen molar-refractivity contribution in [1.82, 2.24) is 79.8 Å². The molecule has 0 aliphatic heterocycles. The first kappa shape index (κ1) is 86.3. The molecule has 33 N–H and O–H groups in total. The smallest absolute Gasteiger partial charge is 0.326 e. The molecule has 4 rings (SSSR count). The molecule has 38 heteroatoms. The fourth-order valence-electron chi connectivity index (χ4n) is 11.0. The summed E-state index contributed by atoms with van der Waals surface area (Å²) in [6, 6.07) is 14.0. The van der Waals surface area contributed by atoms with Gasteiger partial charge in [-0.2, -0.15) is 0 Å². The lowest BCUT2D eigenvalue weighted by molar-refractivity contribution is -0.142. The van der Waals surface area contributed by atoms with Gasteiger partial charge in [0.2, 0.25) is 59.1 Å². The molecule has 0 unspecified atom stereocenters. The van der Waals surface area contributed by atoms with Gasteiger partial charge in [-0.1, -0.05) is 84.9 Å². The lowest BCUT2D eigenvalue weighted by atomic mass is 9.98. The summed E-state index contributed by atoms with van der Waals surface area (Å²) in [6.45, 7) is 0.429. The van der Waals surface area contributed by atoms with Gasteiger partial charge in [-0.25, -0.2) is 4.79 Å². The molecule has 8 atom stereocenters. The Morgan fingerprint density at radius 2 is 0.642 bits per heavy atom. The minimum Gasteiger partial charge on any atom is -0.480 e. The number of benzene rings is 4. The number of carboxylic acids is 1. The second-order valence-corrected chi connectivity index (χ2v) is 25.0. The van der Waals surface area contributed by atoms with Crippen molar-refractivity contribution in [2.45, 2.75) is 152 Å². The molecular formula is C68H104N26O12. The fourth-order valence-corrected chi connectivity index (χ4v) is 11.0. The Kier molecular flexibility index (Phi) is 37.8. The Hall–Kier alpha value is -12.1. The molecule has 0 aliphatic carbocycles. The minimum atomic E-state index is -1.55. The molecule has 38 nitrogen and oxygen atoms in total. The summed E-state index contributed by atoms with van der Waals surface area (Å²) in [5.74, 6) is -11.7. The summed E-state index contributed by atoms with van der Waals surface area (Å²) < 4.78 is 0. The van der Waals surface area contributed by atoms with Crippen LogP contribution in [0.1, 0.15) is 102 Å². The average molecular weight is 1480 g/mol. The number of hydrogen-bond donors (Lipinski definition) is 27. The zero-order valence-corrected chi connectivity index (χ0v) is 59.4. The fraction of sp³-hybridized carbons (Fsp3) is 0.471. The number of carbonyl (C=O) groups is 11. The van der Waals surface area contributed by atoms with Gasteiger partial charge in [0.15, 0.2) is 29.8 Å². The van der Waals surface area contributed by atoms with Gasteiger partial charge < -0.3 is 119 Å². The Bertz CT molecular complexity index is 3710. The van der Waals surface area contributed by atoms with Crippen LogP contribution in [0.3, 0.4) is 0 Å². The average Bonchev–Trinajstić information content (AvgIpc) is 0.831. The van der Waals surface area contributed by atoms with E-state index >= 15 is 14.4 Å². The summed E-state index contributed by atoms with van der Waals surface area (Å²) in [5.41, 5.74) is 34.3. The summed E-state index contributed by atoms with van der Waals surface area (Å²) in [6.07, 6.45) is 0.557. The van der Waals surface area contributed by atoms with Crippen molar-refractivity contribution in [3.63, 3.8) is 0 Å². The number of guanidine groups is 5. The third-order valence-corrected chi connectivity index (χ3v) is 16.4. The van der Waals surface area contributed by atoms with Crippen molar-refractivity contribution < 1.29 is 57.8 Å². The van der Waals surface area contributed by atoms with Gasteiger partial charge in [0.1, 0.15) is 48.3 Å². The summed E-state index contributed by atoms with van der Waals surface area (Å²) in [5, 5.41) is 90.4. The van der Waals surface area contributed by atoms with E-state index in [4.69, 9.17) is 61.4 Å². The minimum absolute atomic E-state index is 0.00349. The predicted molar refractivity (Wildman–Crippen MR) is 399 cm³/mol. The van der Waals surface area contributed by atoms with Gasteiger partial charge in [-0.3, -0.25) is 75.0 Å². The van der Waals surface area contributed by atoms with Crippen LogP contribution in [0.2, 0.25) is 0 Å². The van der Waals surface area contributed by atoms with Crippen LogP contribution in [0.4, 0.5) is 0 Å². The van der Waals surface area contributed by atoms with E-state index in [2.05, 4.69) is 79.8 Å². The number of rotatable bonds is 48. The lowest BCUT2D eigenvalue weighted by Crippen LogP contribution is -2.60. The molecule has 0 saturated carbocycles. The standard InChI is InChI=1S/C68H104N26O12/c1-39(95)87-46(18-8-28-80-64(70)71)57(99)89-47(19-9-29-81-65(72)73)58(100)90-48(20-10-30-82-66(74)75)59(101)91-49(21-11-31-83-67(76)77)60(102)92-50(22-12-32-84-68(78)79)61(103)94-53(36-41-24-26-43-14-3-5-16-45(43)34-41)62(104)93-52(35-40-23-25-42-13-2-4-15-44(42)33-40)56(98)86-37-54(96)85-38-55(97)88-51(63(105)106)17-6-7-27-69/h2-5,13-16,23-26,33-34,46-53H,6-12,17-22,27-32,35-38,69H2,1H3,(H,85,96)(H,86,98)(H,87,95)(H,88,97)(H,89,99)(H,90,100)(H,91,101)(H,92,102)(H,93,104)(H,94,103)(H,105,106)(H4,70,71,80)(H4,72,73,81)(H4,74,75,82)(H4,76,77,83)(H4,78,79,84)/t46-,47-,48-,49-,50-,51-,52+,53-/m0/s1. The highest BCUT2D eigenvalue weighted by molar-refractivity contribution is 5.99. The molecule has 0 radical (unpaired) electrons. The van der Waals surface area contributed by atoms with Crippen molar-refractivity contribution in [1.29, 1.82) is 27.0 Å². The van der Waals surface area contributed by atoms with E-state index in [0.29, 0.717) is 30.5 Å². The van der Waals surface area contributed by atoms with Crippen LogP contribution >= 0.6 is 0 Å². The van der Waals surface area contributed by atoms with Crippen LogP contribution in [-0.4, -0.2) is 201 Å². The SMILES string of the molecule is CC(=O)N[C@@H](CCCNC(=N)N)C(=O)N[C@@H](CCCNC(=N)N)C(=O)N[C@@H](CCCNC(=N)N)C(=O)N[C@@H](CCCNC(=N)N)C(=O)N[C@@H](CCCNC(=N)N)C(=O)N[C@@H](Cc1ccc2ccccc2c1)C(=O)N[C@H](Cc1ccc2ccccc2c1)C(=O)NCC(=O)NCC(=O)N[C@@H](CCCCN)C(=O)O. The van der Waals surface area contributed by atoms with E-state index < -0.39 is 144 Å². The largest absolute Gasteiger partial charge is 0.480 e. The maximum Gasteiger partial charge on any atom is 0.326 e. The Labute approximate surface area is 613 Å². The summed E-state index contributed by atoms with van der Waals surface area (Å²) in [7, 11) is 0. The molecule has 4 aromatic carbocycles. The quantitative estimate of drug-likeness (QED) is 0.0112. The first-order valence-electron chi connectivity index (χ1n) is 34.7. The number of carbonyl (C=O) groups excluding carboxylic acids is 10. The number of nitrogens with one attached hydrogen (secondary N) is 20. The van der Waals surface area contributed by atoms with Crippen molar-refractivity contribution in [2.24, 2.45) is 34.4 Å². The van der Waals surface area contributed by atoms with Gasteiger partial charge in [-0.15, -0.1) is 0 Å². The van der Waals surface area contributed by atoms with Gasteiger partial charge in [0, 0.05) is 52.5 Å². The van der Waals surface area contributed by atoms with Crippen LogP contribution in [0.15, 0.2) is 84.9 Å². The number of hydrogen-bond acceptors (Lipinski definition) is 17. The number of aliphatic carboxylic acids is 1. The molecule has 4 aromatic rings. The number of amides is 10. The van der Waals surface area contributed by atoms with Gasteiger partial charge in [-0.05, 0) is 123 Å². The summed E-state index contributed by atoms with van der Waals surface area (Å²) >= 11 is 0. The molecule has 0 aromatic heterocycles. The van der Waals surface area contributed by atoms with Gasteiger partial charge >= 0.3 is 5.97 Å². The molecule has 0 heterocycles. The zero-order valence-electron chi connectivity index (χ0n) is 59.4. The molecule has 106 heavy (non-hydrogen) atoms. The molecule has 0 saturated heterocycles. The van der Waals surface area contributed by atoms with Crippen LogP contribution in [0.5, 0.6) is 0 Å². The maximum atomic E-state index is 15.2.